The highest BCUT2D eigenvalue weighted by molar-refractivity contribution is 6.67. The molecule has 60 valence electrons. The van der Waals surface area contributed by atoms with Crippen LogP contribution in [0.3, 0.4) is 0 Å². The molecule has 0 aromatic rings. The standard InChI is InChI=1S/C4H6Cl3NO2/c1-2-10-3(9)8-4(5,6)7/h2H2,1H3,(H,8,9). The highest BCUT2D eigenvalue weighted by atomic mass is 35.6. The van der Waals surface area contributed by atoms with Gasteiger partial charge in [0.05, 0.1) is 6.61 Å². The Hall–Kier alpha value is 0.140. The Bertz CT molecular complexity index is 122. The minimum Gasteiger partial charge on any atom is -0.450 e. The van der Waals surface area contributed by atoms with Crippen LogP contribution >= 0.6 is 34.8 Å². The maximum atomic E-state index is 10.5. The van der Waals surface area contributed by atoms with Crippen molar-refractivity contribution in [1.82, 2.24) is 5.32 Å². The molecule has 0 unspecified atom stereocenters. The van der Waals surface area contributed by atoms with Gasteiger partial charge in [-0.1, -0.05) is 34.8 Å². The minimum absolute atomic E-state index is 0.243. The summed E-state index contributed by atoms with van der Waals surface area (Å²) >= 11 is 15.5. The van der Waals surface area contributed by atoms with Crippen molar-refractivity contribution in [3.05, 3.63) is 0 Å². The molecule has 10 heavy (non-hydrogen) atoms. The average Bonchev–Trinajstić information content (AvgIpc) is 1.59. The molecule has 0 saturated carbocycles. The normalized spacial score (nSPS) is 10.8. The highest BCUT2D eigenvalue weighted by Gasteiger charge is 2.22. The van der Waals surface area contributed by atoms with Crippen LogP contribution in [0.25, 0.3) is 0 Å². The van der Waals surface area contributed by atoms with E-state index in [9.17, 15) is 4.79 Å². The first-order valence-electron chi connectivity index (χ1n) is 2.47. The first-order chi connectivity index (χ1) is 4.45. The molecule has 0 aliphatic rings. The van der Waals surface area contributed by atoms with E-state index in [0.717, 1.165) is 0 Å². The van der Waals surface area contributed by atoms with Crippen LogP contribution in [-0.2, 0) is 4.74 Å². The third-order valence-corrected chi connectivity index (χ3v) is 0.803. The molecule has 0 radical (unpaired) electrons. The van der Waals surface area contributed by atoms with Gasteiger partial charge >= 0.3 is 6.09 Å². The number of amides is 1. The molecule has 3 nitrogen and oxygen atoms in total. The van der Waals surface area contributed by atoms with E-state index < -0.39 is 10.0 Å². The van der Waals surface area contributed by atoms with E-state index in [0.29, 0.717) is 0 Å². The molecule has 0 heterocycles. The molecule has 0 rings (SSSR count). The third-order valence-electron chi connectivity index (χ3n) is 0.519. The second kappa shape index (κ2) is 4.11. The third kappa shape index (κ3) is 6.26. The molecule has 6 heteroatoms. The van der Waals surface area contributed by atoms with Crippen molar-refractivity contribution < 1.29 is 9.53 Å². The maximum absolute atomic E-state index is 10.5. The van der Waals surface area contributed by atoms with Gasteiger partial charge in [0.2, 0.25) is 0 Å². The van der Waals surface area contributed by atoms with Crippen LogP contribution in [0.4, 0.5) is 4.79 Å². The lowest BCUT2D eigenvalue weighted by atomic mass is 10.9. The molecule has 0 aromatic carbocycles. The molecule has 0 aliphatic heterocycles. The quantitative estimate of drug-likeness (QED) is 0.527. The predicted octanol–water partition coefficient (Wildman–Crippen LogP) is 2.06. The summed E-state index contributed by atoms with van der Waals surface area (Å²) in [5, 5.41) is 1.96. The van der Waals surface area contributed by atoms with Crippen LogP contribution in [0.15, 0.2) is 0 Å². The Kier molecular flexibility index (Phi) is 4.17. The van der Waals surface area contributed by atoms with Crippen molar-refractivity contribution in [1.29, 1.82) is 0 Å². The maximum Gasteiger partial charge on any atom is 0.410 e. The topological polar surface area (TPSA) is 38.3 Å². The second-order valence-corrected chi connectivity index (χ2v) is 3.62. The SMILES string of the molecule is CCOC(=O)NC(Cl)(Cl)Cl. The number of hydrogen-bond donors (Lipinski definition) is 1. The molecule has 0 aliphatic carbocycles. The number of hydrogen-bond acceptors (Lipinski definition) is 2. The van der Waals surface area contributed by atoms with E-state index in [2.05, 4.69) is 4.74 Å². The summed E-state index contributed by atoms with van der Waals surface area (Å²) in [6.07, 6.45) is -0.748. The zero-order valence-corrected chi connectivity index (χ0v) is 7.43. The van der Waals surface area contributed by atoms with E-state index in [1.54, 1.807) is 6.92 Å². The van der Waals surface area contributed by atoms with Gasteiger partial charge in [-0.05, 0) is 6.92 Å². The molecule has 0 atom stereocenters. The number of nitrogens with one attached hydrogen (secondary N) is 1. The minimum atomic E-state index is -1.79. The van der Waals surface area contributed by atoms with Gasteiger partial charge < -0.3 is 4.74 Å². The monoisotopic (exact) mass is 205 g/mol. The number of ether oxygens (including phenoxy) is 1. The molecular weight excluding hydrogens is 200 g/mol. The van der Waals surface area contributed by atoms with E-state index in [1.807, 2.05) is 5.32 Å². The van der Waals surface area contributed by atoms with Gasteiger partial charge in [0.15, 0.2) is 0 Å². The van der Waals surface area contributed by atoms with E-state index >= 15 is 0 Å². The fourth-order valence-corrected chi connectivity index (χ4v) is 0.514. The van der Waals surface area contributed by atoms with Crippen LogP contribution in [0.5, 0.6) is 0 Å². The lowest BCUT2D eigenvalue weighted by Crippen LogP contribution is -2.34. The first kappa shape index (κ1) is 10.1. The molecular formula is C4H6Cl3NO2. The van der Waals surface area contributed by atoms with E-state index in [-0.39, 0.29) is 6.61 Å². The van der Waals surface area contributed by atoms with Crippen LogP contribution in [-0.4, -0.2) is 16.6 Å². The van der Waals surface area contributed by atoms with Crippen molar-refractivity contribution >= 4 is 40.9 Å². The number of carbonyl (C=O) groups is 1. The molecule has 0 bridgehead atoms. The Balaban J connectivity index is 3.58. The number of halogens is 3. The summed E-state index contributed by atoms with van der Waals surface area (Å²) in [6.45, 7) is 1.89. The highest BCUT2D eigenvalue weighted by Crippen LogP contribution is 2.21. The summed E-state index contributed by atoms with van der Waals surface area (Å²) in [5.74, 6) is 0. The molecule has 1 N–H and O–H groups in total. The van der Waals surface area contributed by atoms with Crippen molar-refractivity contribution in [2.45, 2.75) is 10.8 Å². The Morgan fingerprint density at radius 3 is 2.40 bits per heavy atom. The molecule has 0 spiro atoms. The second-order valence-electron chi connectivity index (χ2n) is 1.34. The number of alkyl halides is 3. The first-order valence-corrected chi connectivity index (χ1v) is 3.60. The Morgan fingerprint density at radius 2 is 2.10 bits per heavy atom. The van der Waals surface area contributed by atoms with Gasteiger partial charge in [-0.2, -0.15) is 0 Å². The Labute approximate surface area is 73.6 Å². The van der Waals surface area contributed by atoms with Gasteiger partial charge in [0.1, 0.15) is 0 Å². The van der Waals surface area contributed by atoms with Crippen molar-refractivity contribution in [2.24, 2.45) is 0 Å². The van der Waals surface area contributed by atoms with Gasteiger partial charge in [-0.25, -0.2) is 4.79 Å². The summed E-state index contributed by atoms with van der Waals surface area (Å²) in [5.41, 5.74) is 0. The summed E-state index contributed by atoms with van der Waals surface area (Å²) < 4.78 is 2.63. The van der Waals surface area contributed by atoms with Gasteiger partial charge in [-0.3, -0.25) is 5.32 Å². The number of rotatable bonds is 1. The van der Waals surface area contributed by atoms with E-state index in [4.69, 9.17) is 34.8 Å². The lowest BCUT2D eigenvalue weighted by molar-refractivity contribution is 0.152. The predicted molar refractivity (Wildman–Crippen MR) is 40.4 cm³/mol. The summed E-state index contributed by atoms with van der Waals surface area (Å²) in [7, 11) is 0. The number of alkyl carbamates (subject to hydrolysis) is 1. The van der Waals surface area contributed by atoms with Crippen LogP contribution in [0, 0.1) is 0 Å². The van der Waals surface area contributed by atoms with Crippen molar-refractivity contribution in [2.75, 3.05) is 6.61 Å². The van der Waals surface area contributed by atoms with Crippen LogP contribution in [0.1, 0.15) is 6.92 Å². The molecule has 0 aromatic heterocycles. The zero-order chi connectivity index (χ0) is 8.20. The smallest absolute Gasteiger partial charge is 0.410 e. The number of carbonyl (C=O) groups excluding carboxylic acids is 1. The zero-order valence-electron chi connectivity index (χ0n) is 5.16. The Morgan fingerprint density at radius 1 is 1.60 bits per heavy atom. The van der Waals surface area contributed by atoms with Crippen molar-refractivity contribution in [3.8, 4) is 0 Å². The fraction of sp³-hybridized carbons (Fsp3) is 0.750. The summed E-state index contributed by atoms with van der Waals surface area (Å²) in [6, 6.07) is 0. The van der Waals surface area contributed by atoms with Gasteiger partial charge in [0, 0.05) is 0 Å². The average molecular weight is 206 g/mol. The lowest BCUT2D eigenvalue weighted by Gasteiger charge is -2.11. The largest absolute Gasteiger partial charge is 0.450 e. The molecule has 0 fully saturated rings. The summed E-state index contributed by atoms with van der Waals surface area (Å²) in [4.78, 5) is 10.5. The van der Waals surface area contributed by atoms with Crippen LogP contribution < -0.4 is 5.32 Å². The molecule has 0 saturated heterocycles. The fourth-order valence-electron chi connectivity index (χ4n) is 0.283. The van der Waals surface area contributed by atoms with E-state index in [1.165, 1.54) is 0 Å². The van der Waals surface area contributed by atoms with Crippen molar-refractivity contribution in [3.63, 3.8) is 0 Å². The van der Waals surface area contributed by atoms with Gasteiger partial charge in [-0.15, -0.1) is 0 Å². The van der Waals surface area contributed by atoms with Gasteiger partial charge in [0.25, 0.3) is 3.92 Å². The van der Waals surface area contributed by atoms with Crippen LogP contribution in [0.2, 0.25) is 0 Å². The molecule has 1 amide bonds.